The highest BCUT2D eigenvalue weighted by molar-refractivity contribution is 7.91. The zero-order chi connectivity index (χ0) is 22.9. The standard InChI is InChI=1S/C18H21ClF3NO6S/c1-17(2,15(24)10-5-13(16(25)26)23-7-10)9-30(27,28)14-4-3-11(6-12(14)19)29-8-18(20,21)22/h3-4,6,10,13,23H,5,7-9H2,1-2H3,(H,25,26)/t10-,13+/m1/s1. The molecule has 0 radical (unpaired) electrons. The maximum atomic E-state index is 12.8. The SMILES string of the molecule is CC(C)(CS(=O)(=O)c1ccc(OCC(F)(F)F)cc1Cl)C(=O)[C@H]1CN[C@H](C(=O)O)C1. The van der Waals surface area contributed by atoms with E-state index in [0.29, 0.717) is 0 Å². The molecule has 0 amide bonds. The molecule has 1 saturated heterocycles. The second-order valence-electron chi connectivity index (χ2n) is 7.73. The van der Waals surface area contributed by atoms with E-state index >= 15 is 0 Å². The lowest BCUT2D eigenvalue weighted by atomic mass is 9.82. The molecule has 1 fully saturated rings. The summed E-state index contributed by atoms with van der Waals surface area (Å²) in [6.07, 6.45) is -4.50. The highest BCUT2D eigenvalue weighted by Gasteiger charge is 2.42. The van der Waals surface area contributed by atoms with Crippen molar-refractivity contribution in [3.8, 4) is 5.75 Å². The predicted molar refractivity (Wildman–Crippen MR) is 101 cm³/mol. The minimum absolute atomic E-state index is 0.0592. The number of rotatable bonds is 8. The Bertz CT molecular complexity index is 932. The smallest absolute Gasteiger partial charge is 0.422 e. The van der Waals surface area contributed by atoms with Crippen molar-refractivity contribution >= 4 is 33.2 Å². The Kier molecular flexibility index (Phi) is 7.10. The normalized spacial score (nSPS) is 20.2. The number of hydrogen-bond donors (Lipinski definition) is 2. The van der Waals surface area contributed by atoms with Crippen LogP contribution in [0.2, 0.25) is 5.02 Å². The summed E-state index contributed by atoms with van der Waals surface area (Å²) in [6.45, 7) is 1.46. The molecule has 7 nitrogen and oxygen atoms in total. The lowest BCUT2D eigenvalue weighted by Crippen LogP contribution is -2.37. The van der Waals surface area contributed by atoms with Gasteiger partial charge in [-0.15, -0.1) is 0 Å². The number of ether oxygens (including phenoxy) is 1. The van der Waals surface area contributed by atoms with Crippen LogP contribution in [0.5, 0.6) is 5.75 Å². The van der Waals surface area contributed by atoms with E-state index in [1.54, 1.807) is 0 Å². The van der Waals surface area contributed by atoms with Crippen LogP contribution in [0.1, 0.15) is 20.3 Å². The number of aliphatic carboxylic acids is 1. The van der Waals surface area contributed by atoms with E-state index in [-0.39, 0.29) is 28.6 Å². The number of benzene rings is 1. The molecule has 168 valence electrons. The molecule has 1 heterocycles. The van der Waals surface area contributed by atoms with Crippen LogP contribution in [0.25, 0.3) is 0 Å². The molecular formula is C18H21ClF3NO6S. The van der Waals surface area contributed by atoms with Gasteiger partial charge in [0.05, 0.1) is 15.7 Å². The van der Waals surface area contributed by atoms with Crippen molar-refractivity contribution in [3.63, 3.8) is 0 Å². The van der Waals surface area contributed by atoms with Gasteiger partial charge >= 0.3 is 12.1 Å². The van der Waals surface area contributed by atoms with Gasteiger partial charge in [-0.1, -0.05) is 25.4 Å². The van der Waals surface area contributed by atoms with Crippen molar-refractivity contribution in [1.29, 1.82) is 0 Å². The lowest BCUT2D eigenvalue weighted by Gasteiger charge is -2.26. The Hall–Kier alpha value is -1.85. The number of carboxylic acid groups (broad SMARTS) is 1. The van der Waals surface area contributed by atoms with Crippen molar-refractivity contribution < 1.29 is 41.0 Å². The fraction of sp³-hybridized carbons (Fsp3) is 0.556. The van der Waals surface area contributed by atoms with Crippen LogP contribution in [0.15, 0.2) is 23.1 Å². The summed E-state index contributed by atoms with van der Waals surface area (Å²) in [6, 6.07) is 2.18. The molecule has 0 unspecified atom stereocenters. The quantitative estimate of drug-likeness (QED) is 0.599. The molecule has 2 atom stereocenters. The molecule has 0 spiro atoms. The van der Waals surface area contributed by atoms with Crippen LogP contribution in [-0.2, 0) is 19.4 Å². The third-order valence-electron chi connectivity index (χ3n) is 4.66. The summed E-state index contributed by atoms with van der Waals surface area (Å²) in [5.74, 6) is -2.98. The molecule has 1 aromatic carbocycles. The Balaban J connectivity index is 2.15. The summed E-state index contributed by atoms with van der Waals surface area (Å²) in [7, 11) is -4.08. The van der Waals surface area contributed by atoms with Crippen LogP contribution >= 0.6 is 11.6 Å². The number of nitrogens with one attached hydrogen (secondary N) is 1. The molecule has 30 heavy (non-hydrogen) atoms. The fourth-order valence-corrected chi connectivity index (χ4v) is 5.69. The summed E-state index contributed by atoms with van der Waals surface area (Å²) >= 11 is 5.95. The van der Waals surface area contributed by atoms with Crippen molar-refractivity contribution in [1.82, 2.24) is 5.32 Å². The predicted octanol–water partition coefficient (Wildman–Crippen LogP) is 2.71. The average molecular weight is 472 g/mol. The Morgan fingerprint density at radius 3 is 2.43 bits per heavy atom. The minimum atomic E-state index is -4.56. The van der Waals surface area contributed by atoms with Gasteiger partial charge in [-0.25, -0.2) is 8.42 Å². The van der Waals surface area contributed by atoms with E-state index in [0.717, 1.165) is 18.2 Å². The molecule has 1 aliphatic heterocycles. The van der Waals surface area contributed by atoms with Gasteiger partial charge in [0.15, 0.2) is 16.4 Å². The first-order valence-corrected chi connectivity index (χ1v) is 10.9. The zero-order valence-corrected chi connectivity index (χ0v) is 17.7. The molecule has 0 aromatic heterocycles. The van der Waals surface area contributed by atoms with Gasteiger partial charge in [-0.05, 0) is 18.6 Å². The summed E-state index contributed by atoms with van der Waals surface area (Å²) in [4.78, 5) is 23.5. The van der Waals surface area contributed by atoms with Crippen LogP contribution in [-0.4, -0.2) is 56.4 Å². The van der Waals surface area contributed by atoms with E-state index in [1.807, 2.05) is 0 Å². The number of hydrogen-bond acceptors (Lipinski definition) is 6. The monoisotopic (exact) mass is 471 g/mol. The summed E-state index contributed by atoms with van der Waals surface area (Å²) in [5, 5.41) is 11.4. The number of halogens is 4. The number of ketones is 1. The second kappa shape index (κ2) is 8.72. The molecule has 2 rings (SSSR count). The summed E-state index contributed by atoms with van der Waals surface area (Å²) < 4.78 is 66.9. The molecular weight excluding hydrogens is 451 g/mol. The lowest BCUT2D eigenvalue weighted by molar-refractivity contribution is -0.153. The number of carbonyl (C=O) groups is 2. The molecule has 2 N–H and O–H groups in total. The van der Waals surface area contributed by atoms with Crippen molar-refractivity contribution in [3.05, 3.63) is 23.2 Å². The van der Waals surface area contributed by atoms with Crippen LogP contribution in [0.3, 0.4) is 0 Å². The van der Waals surface area contributed by atoms with Gasteiger partial charge in [0.2, 0.25) is 0 Å². The van der Waals surface area contributed by atoms with Gasteiger partial charge in [-0.2, -0.15) is 13.2 Å². The van der Waals surface area contributed by atoms with Gasteiger partial charge in [0.1, 0.15) is 17.6 Å². The van der Waals surface area contributed by atoms with Crippen LogP contribution in [0, 0.1) is 11.3 Å². The van der Waals surface area contributed by atoms with Gasteiger partial charge in [-0.3, -0.25) is 9.59 Å². The van der Waals surface area contributed by atoms with E-state index in [4.69, 9.17) is 16.7 Å². The highest BCUT2D eigenvalue weighted by atomic mass is 35.5. The average Bonchev–Trinajstić information content (AvgIpc) is 3.07. The summed E-state index contributed by atoms with van der Waals surface area (Å²) in [5.41, 5.74) is -1.34. The van der Waals surface area contributed by atoms with Gasteiger partial charge < -0.3 is 15.2 Å². The number of carboxylic acids is 1. The minimum Gasteiger partial charge on any atom is -0.484 e. The molecule has 1 aliphatic rings. The van der Waals surface area contributed by atoms with Gasteiger partial charge in [0, 0.05) is 23.9 Å². The van der Waals surface area contributed by atoms with Crippen LogP contribution < -0.4 is 10.1 Å². The fourth-order valence-electron chi connectivity index (χ4n) is 3.29. The van der Waals surface area contributed by atoms with E-state index < -0.39 is 57.5 Å². The third kappa shape index (κ3) is 6.08. The topological polar surface area (TPSA) is 110 Å². The third-order valence-corrected chi connectivity index (χ3v) is 7.21. The number of alkyl halides is 3. The van der Waals surface area contributed by atoms with E-state index in [9.17, 15) is 31.2 Å². The first kappa shape index (κ1) is 24.4. The van der Waals surface area contributed by atoms with Crippen molar-refractivity contribution in [2.45, 2.75) is 37.4 Å². The number of carbonyl (C=O) groups excluding carboxylic acids is 1. The second-order valence-corrected chi connectivity index (χ2v) is 10.1. The molecule has 12 heteroatoms. The zero-order valence-electron chi connectivity index (χ0n) is 16.1. The molecule has 1 aromatic rings. The number of Topliss-reactive ketones (excluding diaryl/α,β-unsaturated/α-hetero) is 1. The Morgan fingerprint density at radius 1 is 1.30 bits per heavy atom. The van der Waals surface area contributed by atoms with E-state index in [2.05, 4.69) is 10.1 Å². The molecule has 0 bridgehead atoms. The van der Waals surface area contributed by atoms with E-state index in [1.165, 1.54) is 13.8 Å². The maximum Gasteiger partial charge on any atom is 0.422 e. The van der Waals surface area contributed by atoms with Crippen LogP contribution in [0.4, 0.5) is 13.2 Å². The van der Waals surface area contributed by atoms with Crippen molar-refractivity contribution in [2.75, 3.05) is 18.9 Å². The Morgan fingerprint density at radius 2 is 1.93 bits per heavy atom. The first-order chi connectivity index (χ1) is 13.6. The number of sulfone groups is 1. The Labute approximate surface area is 176 Å². The van der Waals surface area contributed by atoms with Crippen molar-refractivity contribution in [2.24, 2.45) is 11.3 Å². The van der Waals surface area contributed by atoms with Gasteiger partial charge in [0.25, 0.3) is 0 Å². The molecule has 0 saturated carbocycles. The highest BCUT2D eigenvalue weighted by Crippen LogP contribution is 2.34. The molecule has 0 aliphatic carbocycles. The largest absolute Gasteiger partial charge is 0.484 e. The first-order valence-electron chi connectivity index (χ1n) is 8.85. The maximum absolute atomic E-state index is 12.8.